The van der Waals surface area contributed by atoms with Gasteiger partial charge in [0.05, 0.1) is 6.54 Å². The van der Waals surface area contributed by atoms with Crippen molar-refractivity contribution in [3.8, 4) is 12.3 Å². The van der Waals surface area contributed by atoms with Gasteiger partial charge in [-0.3, -0.25) is 14.8 Å². The van der Waals surface area contributed by atoms with Crippen LogP contribution in [0.5, 0.6) is 0 Å². The molecule has 5 N–H and O–H groups in total. The molecule has 1 atom stereocenters. The van der Waals surface area contributed by atoms with Gasteiger partial charge in [0, 0.05) is 11.1 Å². The van der Waals surface area contributed by atoms with E-state index in [4.69, 9.17) is 22.1 Å². The number of benzene rings is 1. The summed E-state index contributed by atoms with van der Waals surface area (Å²) in [5.74, 6) is -0.454. The monoisotopic (exact) mass is 347 g/mol. The Morgan fingerprint density at radius 1 is 1.24 bits per heavy atom. The maximum atomic E-state index is 12.2. The number of nitrogens with two attached hydrogens (primary N) is 1. The molecule has 0 fully saturated rings. The van der Waals surface area contributed by atoms with Crippen molar-refractivity contribution in [1.82, 2.24) is 10.8 Å². The number of hydroxylamine groups is 1. The van der Waals surface area contributed by atoms with Crippen LogP contribution in [0.1, 0.15) is 36.7 Å². The summed E-state index contributed by atoms with van der Waals surface area (Å²) in [7, 11) is 0. The van der Waals surface area contributed by atoms with Crippen LogP contribution >= 0.6 is 0 Å². The Kier molecular flexibility index (Phi) is 6.28. The second kappa shape index (κ2) is 7.79. The molecule has 8 heteroatoms. The number of terminal acetylenes is 1. The van der Waals surface area contributed by atoms with Gasteiger partial charge in [0.25, 0.3) is 11.8 Å². The first kappa shape index (κ1) is 20.2. The predicted molar refractivity (Wildman–Crippen MR) is 89.4 cm³/mol. The Morgan fingerprint density at radius 3 is 2.24 bits per heavy atom. The fourth-order valence-corrected chi connectivity index (χ4v) is 1.75. The molecule has 0 saturated heterocycles. The van der Waals surface area contributed by atoms with Gasteiger partial charge in [-0.1, -0.05) is 5.92 Å². The molecule has 134 valence electrons. The number of amides is 2. The Labute approximate surface area is 145 Å². The van der Waals surface area contributed by atoms with E-state index in [1.165, 1.54) is 17.6 Å². The van der Waals surface area contributed by atoms with Crippen molar-refractivity contribution in [3.63, 3.8) is 0 Å². The summed E-state index contributed by atoms with van der Waals surface area (Å²) in [5.41, 5.74) is 4.75. The van der Waals surface area contributed by atoms with E-state index < -0.39 is 35.5 Å². The average Bonchev–Trinajstić information content (AvgIpc) is 2.57. The molecule has 0 spiro atoms. The molecule has 0 aliphatic heterocycles. The number of rotatable bonds is 5. The van der Waals surface area contributed by atoms with Crippen molar-refractivity contribution in [1.29, 1.82) is 0 Å². The Bertz CT molecular complexity index is 700. The molecule has 25 heavy (non-hydrogen) atoms. The molecule has 1 aromatic rings. The number of ether oxygens (including phenoxy) is 1. The number of hydrogen-bond acceptors (Lipinski definition) is 6. The van der Waals surface area contributed by atoms with Gasteiger partial charge in [0.15, 0.2) is 0 Å². The standard InChI is InChI=1S/C17H21N3O5/c1-5-11-6-8-12(9-7-11)13(21)19-10-17(18,14(22)20-24)15(23)25-16(2,3)4/h1,6-9,24H,10,18H2,2-4H3,(H,19,21)(H,20,22). The minimum Gasteiger partial charge on any atom is -0.458 e. The second-order valence-electron chi connectivity index (χ2n) is 6.32. The first-order valence-electron chi connectivity index (χ1n) is 7.35. The van der Waals surface area contributed by atoms with Crippen LogP contribution in [-0.4, -0.2) is 40.7 Å². The van der Waals surface area contributed by atoms with Crippen LogP contribution < -0.4 is 16.5 Å². The highest BCUT2D eigenvalue weighted by Gasteiger charge is 2.45. The van der Waals surface area contributed by atoms with Crippen LogP contribution in [0.3, 0.4) is 0 Å². The molecule has 0 aliphatic carbocycles. The third kappa shape index (κ3) is 5.31. The van der Waals surface area contributed by atoms with E-state index in [0.717, 1.165) is 0 Å². The van der Waals surface area contributed by atoms with E-state index in [-0.39, 0.29) is 5.56 Å². The van der Waals surface area contributed by atoms with Gasteiger partial charge in [-0.15, -0.1) is 6.42 Å². The van der Waals surface area contributed by atoms with Crippen molar-refractivity contribution < 1.29 is 24.3 Å². The zero-order chi connectivity index (χ0) is 19.3. The number of carbonyl (C=O) groups is 3. The fourth-order valence-electron chi connectivity index (χ4n) is 1.75. The molecule has 1 aromatic carbocycles. The van der Waals surface area contributed by atoms with Crippen molar-refractivity contribution in [2.45, 2.75) is 31.9 Å². The average molecular weight is 347 g/mol. The predicted octanol–water partition coefficient (Wildman–Crippen LogP) is -0.0577. The lowest BCUT2D eigenvalue weighted by molar-refractivity contribution is -0.166. The van der Waals surface area contributed by atoms with Crippen LogP contribution in [0.4, 0.5) is 0 Å². The van der Waals surface area contributed by atoms with E-state index in [0.29, 0.717) is 5.56 Å². The van der Waals surface area contributed by atoms with Crippen molar-refractivity contribution >= 4 is 17.8 Å². The van der Waals surface area contributed by atoms with E-state index in [1.54, 1.807) is 32.9 Å². The third-order valence-corrected chi connectivity index (χ3v) is 3.11. The normalized spacial score (nSPS) is 13.1. The van der Waals surface area contributed by atoms with Crippen LogP contribution in [0.15, 0.2) is 24.3 Å². The Morgan fingerprint density at radius 2 is 1.80 bits per heavy atom. The maximum absolute atomic E-state index is 12.2. The summed E-state index contributed by atoms with van der Waals surface area (Å²) in [6.07, 6.45) is 5.24. The molecule has 0 aliphatic rings. The minimum atomic E-state index is -2.30. The van der Waals surface area contributed by atoms with Gasteiger partial charge in [-0.25, -0.2) is 10.3 Å². The first-order valence-corrected chi connectivity index (χ1v) is 7.35. The second-order valence-corrected chi connectivity index (χ2v) is 6.32. The molecule has 0 saturated carbocycles. The summed E-state index contributed by atoms with van der Waals surface area (Å²) >= 11 is 0. The Hall–Kier alpha value is -2.89. The lowest BCUT2D eigenvalue weighted by atomic mass is 9.99. The zero-order valence-electron chi connectivity index (χ0n) is 14.3. The van der Waals surface area contributed by atoms with Crippen molar-refractivity contribution in [2.24, 2.45) is 5.73 Å². The van der Waals surface area contributed by atoms with E-state index in [9.17, 15) is 14.4 Å². The molecular formula is C17H21N3O5. The fraction of sp³-hybridized carbons (Fsp3) is 0.353. The van der Waals surface area contributed by atoms with Gasteiger partial charge < -0.3 is 15.8 Å². The number of carbonyl (C=O) groups excluding carboxylic acids is 3. The lowest BCUT2D eigenvalue weighted by Gasteiger charge is -2.29. The number of hydrogen-bond donors (Lipinski definition) is 4. The smallest absolute Gasteiger partial charge is 0.338 e. The van der Waals surface area contributed by atoms with E-state index >= 15 is 0 Å². The van der Waals surface area contributed by atoms with Crippen LogP contribution in [-0.2, 0) is 14.3 Å². The molecule has 2 amide bonds. The van der Waals surface area contributed by atoms with Crippen LogP contribution in [0.2, 0.25) is 0 Å². The van der Waals surface area contributed by atoms with E-state index in [1.807, 2.05) is 0 Å². The molecule has 0 bridgehead atoms. The summed E-state index contributed by atoms with van der Waals surface area (Å²) in [4.78, 5) is 36.2. The molecule has 0 heterocycles. The van der Waals surface area contributed by atoms with Crippen LogP contribution in [0, 0.1) is 12.3 Å². The van der Waals surface area contributed by atoms with Gasteiger partial charge in [-0.05, 0) is 45.0 Å². The molecular weight excluding hydrogens is 326 g/mol. The van der Waals surface area contributed by atoms with Gasteiger partial charge >= 0.3 is 5.97 Å². The number of nitrogens with one attached hydrogen (secondary N) is 2. The summed E-state index contributed by atoms with van der Waals surface area (Å²) in [5, 5.41) is 11.2. The highest BCUT2D eigenvalue weighted by atomic mass is 16.6. The highest BCUT2D eigenvalue weighted by molar-refractivity contribution is 6.08. The summed E-state index contributed by atoms with van der Waals surface area (Å²) in [6, 6.07) is 6.11. The lowest BCUT2D eigenvalue weighted by Crippen LogP contribution is -2.66. The molecule has 8 nitrogen and oxygen atoms in total. The number of esters is 1. The Balaban J connectivity index is 2.91. The van der Waals surface area contributed by atoms with Crippen LogP contribution in [0.25, 0.3) is 0 Å². The van der Waals surface area contributed by atoms with Gasteiger partial charge in [-0.2, -0.15) is 0 Å². The summed E-state index contributed by atoms with van der Waals surface area (Å²) in [6.45, 7) is 4.19. The largest absolute Gasteiger partial charge is 0.458 e. The van der Waals surface area contributed by atoms with Crippen molar-refractivity contribution in [3.05, 3.63) is 35.4 Å². The zero-order valence-corrected chi connectivity index (χ0v) is 14.3. The highest BCUT2D eigenvalue weighted by Crippen LogP contribution is 2.13. The molecule has 1 unspecified atom stereocenters. The topological polar surface area (TPSA) is 131 Å². The summed E-state index contributed by atoms with van der Waals surface area (Å²) < 4.78 is 5.08. The molecule has 0 aromatic heterocycles. The molecule has 1 rings (SSSR count). The van der Waals surface area contributed by atoms with Gasteiger partial charge in [0.2, 0.25) is 5.54 Å². The van der Waals surface area contributed by atoms with Gasteiger partial charge in [0.1, 0.15) is 5.60 Å². The third-order valence-electron chi connectivity index (χ3n) is 3.11. The minimum absolute atomic E-state index is 0.259. The molecule has 0 radical (unpaired) electrons. The van der Waals surface area contributed by atoms with Crippen molar-refractivity contribution in [2.75, 3.05) is 6.54 Å². The first-order chi connectivity index (χ1) is 11.5. The van der Waals surface area contributed by atoms with E-state index in [2.05, 4.69) is 11.2 Å². The SMILES string of the molecule is C#Cc1ccc(C(=O)NCC(N)(C(=O)NO)C(=O)OC(C)(C)C)cc1. The quantitative estimate of drug-likeness (QED) is 0.194. The maximum Gasteiger partial charge on any atom is 0.338 e.